The van der Waals surface area contributed by atoms with E-state index < -0.39 is 0 Å². The summed E-state index contributed by atoms with van der Waals surface area (Å²) in [7, 11) is 0. The number of nitrogens with zero attached hydrogens (tertiary/aromatic N) is 2. The minimum Gasteiger partial charge on any atom is -0.336 e. The molecule has 116 valence electrons. The van der Waals surface area contributed by atoms with Crippen LogP contribution in [0.2, 0.25) is 0 Å². The zero-order valence-corrected chi connectivity index (χ0v) is 12.8. The molecule has 0 unspecified atom stereocenters. The first-order chi connectivity index (χ1) is 10.5. The van der Waals surface area contributed by atoms with Crippen molar-refractivity contribution >= 4 is 17.6 Å². The maximum Gasteiger partial charge on any atom is 0.319 e. The van der Waals surface area contributed by atoms with Gasteiger partial charge in [-0.05, 0) is 44.9 Å². The Kier molecular flexibility index (Phi) is 4.99. The first kappa shape index (κ1) is 15.8. The monoisotopic (exact) mass is 300 g/mol. The third kappa shape index (κ3) is 4.22. The highest BCUT2D eigenvalue weighted by atomic mass is 16.2. The molecule has 1 fully saturated rings. The standard InChI is InChI=1S/C16H20N4O2/c1-11(2)18-16(22)19-13-5-3-4-12(10-13)15(21)20(9-8-17)14-6-7-14/h3-5,10-11,14H,6-7,9H2,1-2H3,(H2,18,19,22). The molecule has 1 saturated carbocycles. The van der Waals surface area contributed by atoms with Gasteiger partial charge in [-0.2, -0.15) is 5.26 Å². The van der Waals surface area contributed by atoms with Crippen LogP contribution >= 0.6 is 0 Å². The second kappa shape index (κ2) is 6.94. The lowest BCUT2D eigenvalue weighted by Crippen LogP contribution is -2.35. The second-order valence-electron chi connectivity index (χ2n) is 5.66. The SMILES string of the molecule is CC(C)NC(=O)Nc1cccc(C(=O)N(CC#N)C2CC2)c1. The molecular formula is C16H20N4O2. The smallest absolute Gasteiger partial charge is 0.319 e. The highest BCUT2D eigenvalue weighted by molar-refractivity contribution is 5.97. The lowest BCUT2D eigenvalue weighted by atomic mass is 10.1. The molecule has 22 heavy (non-hydrogen) atoms. The Balaban J connectivity index is 2.08. The van der Waals surface area contributed by atoms with Crippen molar-refractivity contribution in [3.05, 3.63) is 29.8 Å². The van der Waals surface area contributed by atoms with E-state index in [1.54, 1.807) is 29.2 Å². The van der Waals surface area contributed by atoms with Gasteiger partial charge in [0.2, 0.25) is 0 Å². The molecule has 2 N–H and O–H groups in total. The number of urea groups is 1. The van der Waals surface area contributed by atoms with Crippen LogP contribution in [-0.4, -0.2) is 35.5 Å². The van der Waals surface area contributed by atoms with E-state index in [9.17, 15) is 9.59 Å². The van der Waals surface area contributed by atoms with Crippen LogP contribution in [0.15, 0.2) is 24.3 Å². The zero-order chi connectivity index (χ0) is 16.1. The molecule has 2 rings (SSSR count). The molecule has 0 aromatic heterocycles. The number of nitriles is 1. The Morgan fingerprint density at radius 2 is 2.14 bits per heavy atom. The lowest BCUT2D eigenvalue weighted by molar-refractivity contribution is 0.0765. The molecule has 6 heteroatoms. The first-order valence-corrected chi connectivity index (χ1v) is 7.36. The van der Waals surface area contributed by atoms with Crippen molar-refractivity contribution in [3.8, 4) is 6.07 Å². The van der Waals surface area contributed by atoms with E-state index >= 15 is 0 Å². The number of hydrogen-bond donors (Lipinski definition) is 2. The largest absolute Gasteiger partial charge is 0.336 e. The van der Waals surface area contributed by atoms with Gasteiger partial charge < -0.3 is 15.5 Å². The Labute approximate surface area is 130 Å². The van der Waals surface area contributed by atoms with Gasteiger partial charge in [0.1, 0.15) is 6.54 Å². The molecule has 1 aliphatic carbocycles. The number of hydrogen-bond acceptors (Lipinski definition) is 3. The number of carbonyl (C=O) groups excluding carboxylic acids is 2. The lowest BCUT2D eigenvalue weighted by Gasteiger charge is -2.19. The first-order valence-electron chi connectivity index (χ1n) is 7.36. The molecule has 1 aliphatic rings. The molecule has 0 aliphatic heterocycles. The van der Waals surface area contributed by atoms with Crippen LogP contribution in [0.25, 0.3) is 0 Å². The second-order valence-corrected chi connectivity index (χ2v) is 5.66. The quantitative estimate of drug-likeness (QED) is 0.818. The Bertz CT molecular complexity index is 602. The summed E-state index contributed by atoms with van der Waals surface area (Å²) >= 11 is 0. The fraction of sp³-hybridized carbons (Fsp3) is 0.438. The van der Waals surface area contributed by atoms with Gasteiger partial charge in [0.25, 0.3) is 5.91 Å². The summed E-state index contributed by atoms with van der Waals surface area (Å²) in [6.07, 6.45) is 1.89. The van der Waals surface area contributed by atoms with E-state index in [4.69, 9.17) is 5.26 Å². The van der Waals surface area contributed by atoms with E-state index in [0.717, 1.165) is 12.8 Å². The van der Waals surface area contributed by atoms with Crippen LogP contribution in [0.4, 0.5) is 10.5 Å². The molecule has 1 aromatic rings. The van der Waals surface area contributed by atoms with Crippen molar-refractivity contribution in [2.24, 2.45) is 0 Å². The van der Waals surface area contributed by atoms with E-state index in [0.29, 0.717) is 11.3 Å². The van der Waals surface area contributed by atoms with Crippen LogP contribution in [0.5, 0.6) is 0 Å². The van der Waals surface area contributed by atoms with Crippen molar-refractivity contribution < 1.29 is 9.59 Å². The number of benzene rings is 1. The maximum atomic E-state index is 12.5. The molecule has 0 saturated heterocycles. The predicted octanol–water partition coefficient (Wildman–Crippen LogP) is 2.34. The molecule has 3 amide bonds. The Morgan fingerprint density at radius 3 is 2.73 bits per heavy atom. The predicted molar refractivity (Wildman–Crippen MR) is 83.4 cm³/mol. The summed E-state index contributed by atoms with van der Waals surface area (Å²) in [4.78, 5) is 25.8. The number of amides is 3. The van der Waals surface area contributed by atoms with E-state index in [1.807, 2.05) is 19.9 Å². The van der Waals surface area contributed by atoms with Gasteiger partial charge in [-0.3, -0.25) is 4.79 Å². The van der Waals surface area contributed by atoms with E-state index in [-0.39, 0.29) is 30.6 Å². The van der Waals surface area contributed by atoms with Gasteiger partial charge >= 0.3 is 6.03 Å². The summed E-state index contributed by atoms with van der Waals surface area (Å²) in [5.41, 5.74) is 1.03. The third-order valence-corrected chi connectivity index (χ3v) is 3.28. The fourth-order valence-electron chi connectivity index (χ4n) is 2.15. The van der Waals surface area contributed by atoms with Crippen molar-refractivity contribution in [2.45, 2.75) is 38.8 Å². The van der Waals surface area contributed by atoms with E-state index in [1.165, 1.54) is 0 Å². The molecular weight excluding hydrogens is 280 g/mol. The molecule has 6 nitrogen and oxygen atoms in total. The highest BCUT2D eigenvalue weighted by Gasteiger charge is 2.32. The maximum absolute atomic E-state index is 12.5. The van der Waals surface area contributed by atoms with Gasteiger partial charge in [0.05, 0.1) is 6.07 Å². The summed E-state index contributed by atoms with van der Waals surface area (Å²) in [6.45, 7) is 3.83. The zero-order valence-electron chi connectivity index (χ0n) is 12.8. The summed E-state index contributed by atoms with van der Waals surface area (Å²) < 4.78 is 0. The minimum absolute atomic E-state index is 0.0331. The Hall–Kier alpha value is -2.55. The Morgan fingerprint density at radius 1 is 1.41 bits per heavy atom. The summed E-state index contributed by atoms with van der Waals surface area (Å²) in [5, 5.41) is 14.3. The normalized spacial score (nSPS) is 13.4. The topological polar surface area (TPSA) is 85.2 Å². The van der Waals surface area contributed by atoms with Gasteiger partial charge in [-0.25, -0.2) is 4.79 Å². The fourth-order valence-corrected chi connectivity index (χ4v) is 2.15. The molecule has 1 aromatic carbocycles. The van der Waals surface area contributed by atoms with Crippen molar-refractivity contribution in [2.75, 3.05) is 11.9 Å². The summed E-state index contributed by atoms with van der Waals surface area (Å²) in [5.74, 6) is -0.169. The number of anilines is 1. The van der Waals surface area contributed by atoms with Crippen molar-refractivity contribution in [1.82, 2.24) is 10.2 Å². The molecule has 0 radical (unpaired) electrons. The van der Waals surface area contributed by atoms with Crippen LogP contribution in [0.3, 0.4) is 0 Å². The summed E-state index contributed by atoms with van der Waals surface area (Å²) in [6, 6.07) is 8.70. The van der Waals surface area contributed by atoms with Crippen molar-refractivity contribution in [1.29, 1.82) is 5.26 Å². The molecule has 0 bridgehead atoms. The number of nitrogens with one attached hydrogen (secondary N) is 2. The minimum atomic E-state index is -0.310. The van der Waals surface area contributed by atoms with Gasteiger partial charge in [0.15, 0.2) is 0 Å². The van der Waals surface area contributed by atoms with Crippen LogP contribution in [-0.2, 0) is 0 Å². The molecule has 0 heterocycles. The molecule has 0 spiro atoms. The van der Waals surface area contributed by atoms with Gasteiger partial charge in [-0.1, -0.05) is 6.07 Å². The average molecular weight is 300 g/mol. The number of carbonyl (C=O) groups is 2. The highest BCUT2D eigenvalue weighted by Crippen LogP contribution is 2.28. The van der Waals surface area contributed by atoms with Gasteiger partial charge in [-0.15, -0.1) is 0 Å². The van der Waals surface area contributed by atoms with Gasteiger partial charge in [0, 0.05) is 23.3 Å². The number of rotatable bonds is 5. The molecule has 0 atom stereocenters. The average Bonchev–Trinajstić information content (AvgIpc) is 3.28. The van der Waals surface area contributed by atoms with E-state index in [2.05, 4.69) is 10.6 Å². The van der Waals surface area contributed by atoms with Crippen LogP contribution in [0, 0.1) is 11.3 Å². The third-order valence-electron chi connectivity index (χ3n) is 3.28. The van der Waals surface area contributed by atoms with Crippen LogP contribution in [0.1, 0.15) is 37.0 Å². The van der Waals surface area contributed by atoms with Crippen LogP contribution < -0.4 is 10.6 Å². The van der Waals surface area contributed by atoms with Crippen molar-refractivity contribution in [3.63, 3.8) is 0 Å².